The van der Waals surface area contributed by atoms with Crippen LogP contribution in [0.5, 0.6) is 0 Å². The Kier molecular flexibility index (Phi) is 1.88. The summed E-state index contributed by atoms with van der Waals surface area (Å²) in [4.78, 5) is 10.8. The zero-order chi connectivity index (χ0) is 6.69. The second-order valence-corrected chi connectivity index (χ2v) is 2.34. The molecule has 1 aliphatic carbocycles. The van der Waals surface area contributed by atoms with Gasteiger partial charge in [0.05, 0.1) is 0 Å². The van der Waals surface area contributed by atoms with Gasteiger partial charge in [-0.2, -0.15) is 0 Å². The summed E-state index contributed by atoms with van der Waals surface area (Å²) in [6, 6.07) is 0. The van der Waals surface area contributed by atoms with Crippen LogP contribution >= 0.6 is 0 Å². The lowest BCUT2D eigenvalue weighted by atomic mass is 9.85. The number of nitrogens with one attached hydrogen (secondary N) is 1. The SMILES string of the molecule is C=CNC(=O)C1CCC1. The van der Waals surface area contributed by atoms with Crippen LogP contribution in [0.4, 0.5) is 0 Å². The van der Waals surface area contributed by atoms with E-state index in [1.165, 1.54) is 12.6 Å². The molecule has 1 amide bonds. The molecular formula is C7H11NO. The molecule has 0 spiro atoms. The van der Waals surface area contributed by atoms with Crippen LogP contribution in [0.15, 0.2) is 12.8 Å². The fraction of sp³-hybridized carbons (Fsp3) is 0.571. The average Bonchev–Trinajstić information content (AvgIpc) is 1.60. The highest BCUT2D eigenvalue weighted by atomic mass is 16.1. The van der Waals surface area contributed by atoms with Gasteiger partial charge in [0.15, 0.2) is 0 Å². The fourth-order valence-electron chi connectivity index (χ4n) is 0.889. The molecular weight excluding hydrogens is 114 g/mol. The van der Waals surface area contributed by atoms with Crippen molar-refractivity contribution in [2.75, 3.05) is 0 Å². The molecule has 1 fully saturated rings. The first kappa shape index (κ1) is 6.33. The average molecular weight is 125 g/mol. The molecule has 0 aliphatic heterocycles. The van der Waals surface area contributed by atoms with Gasteiger partial charge < -0.3 is 5.32 Å². The molecule has 0 bridgehead atoms. The van der Waals surface area contributed by atoms with E-state index < -0.39 is 0 Å². The monoisotopic (exact) mass is 125 g/mol. The van der Waals surface area contributed by atoms with Gasteiger partial charge in [0, 0.05) is 5.92 Å². The second-order valence-electron chi connectivity index (χ2n) is 2.34. The number of hydrogen-bond donors (Lipinski definition) is 1. The summed E-state index contributed by atoms with van der Waals surface area (Å²) < 4.78 is 0. The molecule has 1 rings (SSSR count). The third-order valence-corrected chi connectivity index (χ3v) is 1.72. The molecule has 1 aliphatic rings. The maximum Gasteiger partial charge on any atom is 0.226 e. The first-order chi connectivity index (χ1) is 4.34. The molecule has 2 heteroatoms. The van der Waals surface area contributed by atoms with E-state index in [1.54, 1.807) is 0 Å². The molecule has 0 saturated heterocycles. The molecule has 2 nitrogen and oxygen atoms in total. The van der Waals surface area contributed by atoms with Crippen LogP contribution in [0.3, 0.4) is 0 Å². The van der Waals surface area contributed by atoms with Crippen LogP contribution < -0.4 is 5.32 Å². The van der Waals surface area contributed by atoms with E-state index in [0.717, 1.165) is 12.8 Å². The van der Waals surface area contributed by atoms with Gasteiger partial charge in [-0.1, -0.05) is 13.0 Å². The molecule has 1 N–H and O–H groups in total. The lowest BCUT2D eigenvalue weighted by Crippen LogP contribution is -2.30. The quantitative estimate of drug-likeness (QED) is 0.587. The summed E-state index contributed by atoms with van der Waals surface area (Å²) in [5.41, 5.74) is 0. The Morgan fingerprint density at radius 2 is 2.33 bits per heavy atom. The molecule has 1 saturated carbocycles. The third-order valence-electron chi connectivity index (χ3n) is 1.72. The van der Waals surface area contributed by atoms with Gasteiger partial charge in [-0.25, -0.2) is 0 Å². The van der Waals surface area contributed by atoms with Gasteiger partial charge in [0.1, 0.15) is 0 Å². The largest absolute Gasteiger partial charge is 0.333 e. The van der Waals surface area contributed by atoms with Crippen molar-refractivity contribution in [1.29, 1.82) is 0 Å². The Balaban J connectivity index is 2.23. The lowest BCUT2D eigenvalue weighted by Gasteiger charge is -2.22. The van der Waals surface area contributed by atoms with E-state index in [2.05, 4.69) is 11.9 Å². The molecule has 0 unspecified atom stereocenters. The van der Waals surface area contributed by atoms with Crippen molar-refractivity contribution in [3.63, 3.8) is 0 Å². The van der Waals surface area contributed by atoms with E-state index in [0.29, 0.717) is 0 Å². The van der Waals surface area contributed by atoms with E-state index in [1.807, 2.05) is 0 Å². The summed E-state index contributed by atoms with van der Waals surface area (Å²) in [5, 5.41) is 2.57. The predicted molar refractivity (Wildman–Crippen MR) is 35.7 cm³/mol. The molecule has 0 aromatic rings. The van der Waals surface area contributed by atoms with Crippen molar-refractivity contribution in [2.45, 2.75) is 19.3 Å². The minimum absolute atomic E-state index is 0.135. The Hall–Kier alpha value is -0.790. The number of rotatable bonds is 2. The molecule has 50 valence electrons. The zero-order valence-corrected chi connectivity index (χ0v) is 5.39. The van der Waals surface area contributed by atoms with Gasteiger partial charge in [0.25, 0.3) is 0 Å². The van der Waals surface area contributed by atoms with Crippen molar-refractivity contribution in [1.82, 2.24) is 5.32 Å². The Morgan fingerprint density at radius 3 is 2.67 bits per heavy atom. The van der Waals surface area contributed by atoms with Crippen LogP contribution in [0.2, 0.25) is 0 Å². The normalized spacial score (nSPS) is 18.2. The van der Waals surface area contributed by atoms with Crippen LogP contribution in [0, 0.1) is 5.92 Å². The van der Waals surface area contributed by atoms with Crippen LogP contribution in [0.1, 0.15) is 19.3 Å². The first-order valence-corrected chi connectivity index (χ1v) is 3.26. The molecule has 0 heterocycles. The summed E-state index contributed by atoms with van der Waals surface area (Å²) in [7, 11) is 0. The van der Waals surface area contributed by atoms with Gasteiger partial charge in [-0.15, -0.1) is 0 Å². The fourth-order valence-corrected chi connectivity index (χ4v) is 0.889. The molecule has 0 atom stereocenters. The van der Waals surface area contributed by atoms with Crippen molar-refractivity contribution >= 4 is 5.91 Å². The van der Waals surface area contributed by atoms with Gasteiger partial charge in [-0.05, 0) is 19.0 Å². The van der Waals surface area contributed by atoms with Crippen molar-refractivity contribution in [3.05, 3.63) is 12.8 Å². The van der Waals surface area contributed by atoms with Gasteiger partial charge in [0.2, 0.25) is 5.91 Å². The third kappa shape index (κ3) is 1.31. The summed E-state index contributed by atoms with van der Waals surface area (Å²) >= 11 is 0. The summed E-state index contributed by atoms with van der Waals surface area (Å²) in [5.74, 6) is 0.416. The standard InChI is InChI=1S/C7H11NO/c1-2-8-7(9)6-4-3-5-6/h2,6H,1,3-5H2,(H,8,9). The van der Waals surface area contributed by atoms with E-state index in [4.69, 9.17) is 0 Å². The number of amides is 1. The predicted octanol–water partition coefficient (Wildman–Crippen LogP) is 1.05. The number of hydrogen-bond acceptors (Lipinski definition) is 1. The van der Waals surface area contributed by atoms with Crippen molar-refractivity contribution < 1.29 is 4.79 Å². The zero-order valence-electron chi connectivity index (χ0n) is 5.39. The van der Waals surface area contributed by atoms with E-state index in [9.17, 15) is 4.79 Å². The maximum absolute atomic E-state index is 10.8. The van der Waals surface area contributed by atoms with Crippen molar-refractivity contribution in [2.24, 2.45) is 5.92 Å². The first-order valence-electron chi connectivity index (χ1n) is 3.26. The second kappa shape index (κ2) is 2.67. The smallest absolute Gasteiger partial charge is 0.226 e. The molecule has 9 heavy (non-hydrogen) atoms. The minimum atomic E-state index is 0.135. The Labute approximate surface area is 54.9 Å². The highest BCUT2D eigenvalue weighted by Gasteiger charge is 2.23. The van der Waals surface area contributed by atoms with Crippen molar-refractivity contribution in [3.8, 4) is 0 Å². The molecule has 0 radical (unpaired) electrons. The van der Waals surface area contributed by atoms with E-state index >= 15 is 0 Å². The van der Waals surface area contributed by atoms with Crippen LogP contribution in [-0.2, 0) is 4.79 Å². The summed E-state index contributed by atoms with van der Waals surface area (Å²) in [6.45, 7) is 3.41. The highest BCUT2D eigenvalue weighted by Crippen LogP contribution is 2.25. The van der Waals surface area contributed by atoms with Crippen LogP contribution in [-0.4, -0.2) is 5.91 Å². The number of carbonyl (C=O) groups excluding carboxylic acids is 1. The highest BCUT2D eigenvalue weighted by molar-refractivity contribution is 5.80. The Morgan fingerprint density at radius 1 is 1.67 bits per heavy atom. The van der Waals surface area contributed by atoms with Gasteiger partial charge in [-0.3, -0.25) is 4.79 Å². The topological polar surface area (TPSA) is 29.1 Å². The number of carbonyl (C=O) groups is 1. The van der Waals surface area contributed by atoms with Gasteiger partial charge >= 0.3 is 0 Å². The minimum Gasteiger partial charge on any atom is -0.333 e. The summed E-state index contributed by atoms with van der Waals surface area (Å²) in [6.07, 6.45) is 4.76. The maximum atomic E-state index is 10.8. The van der Waals surface area contributed by atoms with Crippen LogP contribution in [0.25, 0.3) is 0 Å². The van der Waals surface area contributed by atoms with E-state index in [-0.39, 0.29) is 11.8 Å². The Bertz CT molecular complexity index is 127. The molecule has 0 aromatic heterocycles. The lowest BCUT2D eigenvalue weighted by molar-refractivity contribution is -0.126. The molecule has 0 aromatic carbocycles.